The fraction of sp³-hybridized carbons (Fsp3) is 0.190. The minimum Gasteiger partial charge on any atom is -0.507 e. The van der Waals surface area contributed by atoms with Crippen molar-refractivity contribution < 1.29 is 19.4 Å². The summed E-state index contributed by atoms with van der Waals surface area (Å²) in [5.41, 5.74) is 1.11. The Balaban J connectivity index is 1.72. The smallest absolute Gasteiger partial charge is 0.266 e. The minimum atomic E-state index is -0.788. The van der Waals surface area contributed by atoms with E-state index < -0.39 is 6.04 Å². The van der Waals surface area contributed by atoms with Crippen LogP contribution in [0.3, 0.4) is 0 Å². The quantitative estimate of drug-likeness (QED) is 0.535. The highest BCUT2D eigenvalue weighted by Gasteiger charge is 2.38. The summed E-state index contributed by atoms with van der Waals surface area (Å²) in [7, 11) is 0. The number of thiocarbonyl (C=S) groups is 1. The number of thioether (sulfide) groups is 1. The van der Waals surface area contributed by atoms with Crippen molar-refractivity contribution in [1.82, 2.24) is 4.90 Å². The van der Waals surface area contributed by atoms with E-state index in [1.54, 1.807) is 61.5 Å². The predicted molar refractivity (Wildman–Crippen MR) is 119 cm³/mol. The summed E-state index contributed by atoms with van der Waals surface area (Å²) < 4.78 is 5.68. The zero-order valence-electron chi connectivity index (χ0n) is 15.9. The predicted octanol–water partition coefficient (Wildman–Crippen LogP) is 4.02. The lowest BCUT2D eigenvalue weighted by Crippen LogP contribution is -2.44. The van der Waals surface area contributed by atoms with Gasteiger partial charge in [0.05, 0.1) is 11.5 Å². The summed E-state index contributed by atoms with van der Waals surface area (Å²) >= 11 is 6.42. The average Bonchev–Trinajstić information content (AvgIpc) is 2.98. The molecule has 0 saturated carbocycles. The van der Waals surface area contributed by atoms with Crippen molar-refractivity contribution in [2.45, 2.75) is 19.9 Å². The van der Waals surface area contributed by atoms with Crippen LogP contribution in [-0.2, 0) is 9.59 Å². The zero-order chi connectivity index (χ0) is 21.0. The van der Waals surface area contributed by atoms with E-state index in [1.165, 1.54) is 4.90 Å². The number of carbonyl (C=O) groups is 2. The van der Waals surface area contributed by atoms with E-state index in [0.29, 0.717) is 32.8 Å². The van der Waals surface area contributed by atoms with Gasteiger partial charge in [0.1, 0.15) is 21.9 Å². The molecule has 2 aromatic carbocycles. The monoisotopic (exact) mass is 428 g/mol. The third kappa shape index (κ3) is 4.78. The molecule has 150 valence electrons. The molecular weight excluding hydrogens is 408 g/mol. The average molecular weight is 429 g/mol. The Morgan fingerprint density at radius 1 is 1.28 bits per heavy atom. The van der Waals surface area contributed by atoms with Crippen LogP contribution in [0.15, 0.2) is 53.4 Å². The molecule has 1 aliphatic rings. The standard InChI is InChI=1S/C21H20N2O4S2/c1-3-27-16-10-8-15(9-11-16)22-19(25)13(2)23-20(26)18(29-21(23)28)12-14-6-4-5-7-17(14)24/h4-13,24H,3H2,1-2H3,(H,22,25)/b18-12-. The topological polar surface area (TPSA) is 78.9 Å². The molecule has 0 bridgehead atoms. The van der Waals surface area contributed by atoms with Crippen molar-refractivity contribution in [1.29, 1.82) is 0 Å². The summed E-state index contributed by atoms with van der Waals surface area (Å²) in [6.07, 6.45) is 1.58. The molecular formula is C21H20N2O4S2. The second-order valence-corrected chi connectivity index (χ2v) is 7.91. The molecule has 8 heteroatoms. The summed E-state index contributed by atoms with van der Waals surface area (Å²) in [6, 6.07) is 12.9. The number of ether oxygens (including phenoxy) is 1. The molecule has 1 heterocycles. The first-order valence-electron chi connectivity index (χ1n) is 8.99. The third-order valence-corrected chi connectivity index (χ3v) is 5.58. The molecule has 3 rings (SSSR count). The summed E-state index contributed by atoms with van der Waals surface area (Å²) in [5, 5.41) is 12.7. The van der Waals surface area contributed by atoms with Gasteiger partial charge in [0.2, 0.25) is 5.91 Å². The molecule has 0 spiro atoms. The molecule has 6 nitrogen and oxygen atoms in total. The van der Waals surface area contributed by atoms with Crippen molar-refractivity contribution in [3.8, 4) is 11.5 Å². The Kier molecular flexibility index (Phi) is 6.56. The van der Waals surface area contributed by atoms with Crippen molar-refractivity contribution in [3.05, 3.63) is 59.0 Å². The van der Waals surface area contributed by atoms with E-state index in [0.717, 1.165) is 11.8 Å². The van der Waals surface area contributed by atoms with Gasteiger partial charge >= 0.3 is 0 Å². The van der Waals surface area contributed by atoms with Crippen LogP contribution in [0, 0.1) is 0 Å². The molecule has 2 aromatic rings. The Labute approximate surface area is 178 Å². The Morgan fingerprint density at radius 2 is 1.97 bits per heavy atom. The van der Waals surface area contributed by atoms with Gasteiger partial charge in [-0.15, -0.1) is 0 Å². The third-order valence-electron chi connectivity index (χ3n) is 4.25. The lowest BCUT2D eigenvalue weighted by atomic mass is 10.2. The van der Waals surface area contributed by atoms with Crippen LogP contribution < -0.4 is 10.1 Å². The van der Waals surface area contributed by atoms with Crippen molar-refractivity contribution in [2.75, 3.05) is 11.9 Å². The van der Waals surface area contributed by atoms with Crippen LogP contribution in [0.5, 0.6) is 11.5 Å². The van der Waals surface area contributed by atoms with Crippen molar-refractivity contribution in [2.24, 2.45) is 0 Å². The van der Waals surface area contributed by atoms with Crippen LogP contribution >= 0.6 is 24.0 Å². The maximum Gasteiger partial charge on any atom is 0.266 e. The molecule has 0 radical (unpaired) electrons. The van der Waals surface area contributed by atoms with Gasteiger partial charge in [0.25, 0.3) is 5.91 Å². The van der Waals surface area contributed by atoms with Gasteiger partial charge in [-0.25, -0.2) is 0 Å². The number of para-hydroxylation sites is 1. The lowest BCUT2D eigenvalue weighted by molar-refractivity contribution is -0.129. The van der Waals surface area contributed by atoms with Crippen LogP contribution in [0.2, 0.25) is 0 Å². The highest BCUT2D eigenvalue weighted by molar-refractivity contribution is 8.26. The number of carbonyl (C=O) groups excluding carboxylic acids is 2. The van der Waals surface area contributed by atoms with Gasteiger partial charge in [0, 0.05) is 11.3 Å². The molecule has 29 heavy (non-hydrogen) atoms. The Bertz CT molecular complexity index is 973. The number of rotatable bonds is 6. The van der Waals surface area contributed by atoms with E-state index >= 15 is 0 Å². The number of phenols is 1. The molecule has 0 aliphatic carbocycles. The van der Waals surface area contributed by atoms with E-state index in [1.807, 2.05) is 6.92 Å². The normalized spacial score (nSPS) is 16.2. The Hall–Kier alpha value is -2.84. The number of nitrogens with zero attached hydrogens (tertiary/aromatic N) is 1. The van der Waals surface area contributed by atoms with E-state index in [-0.39, 0.29) is 17.6 Å². The number of amides is 2. The molecule has 1 atom stereocenters. The second-order valence-electron chi connectivity index (χ2n) is 6.23. The summed E-state index contributed by atoms with van der Waals surface area (Å²) in [5.74, 6) is 0.0655. The molecule has 1 saturated heterocycles. The first-order chi connectivity index (χ1) is 13.9. The lowest BCUT2D eigenvalue weighted by Gasteiger charge is -2.22. The van der Waals surface area contributed by atoms with Crippen LogP contribution in [0.4, 0.5) is 5.69 Å². The molecule has 1 aliphatic heterocycles. The van der Waals surface area contributed by atoms with Crippen LogP contribution in [0.25, 0.3) is 6.08 Å². The molecule has 2 N–H and O–H groups in total. The van der Waals surface area contributed by atoms with E-state index in [9.17, 15) is 14.7 Å². The Morgan fingerprint density at radius 3 is 2.62 bits per heavy atom. The molecule has 1 unspecified atom stereocenters. The maximum atomic E-state index is 12.8. The summed E-state index contributed by atoms with van der Waals surface area (Å²) in [6.45, 7) is 4.08. The minimum absolute atomic E-state index is 0.0686. The fourth-order valence-corrected chi connectivity index (χ4v) is 4.14. The van der Waals surface area contributed by atoms with Gasteiger partial charge in [-0.1, -0.05) is 42.2 Å². The SMILES string of the molecule is CCOc1ccc(NC(=O)C(C)N2C(=O)/C(=C/c3ccccc3O)SC2=S)cc1. The molecule has 1 fully saturated rings. The van der Waals surface area contributed by atoms with Gasteiger partial charge in [-0.05, 0) is 50.3 Å². The first kappa shape index (κ1) is 20.9. The molecule has 0 aromatic heterocycles. The van der Waals surface area contributed by atoms with Gasteiger partial charge in [0.15, 0.2) is 0 Å². The number of anilines is 1. The summed E-state index contributed by atoms with van der Waals surface area (Å²) in [4.78, 5) is 27.1. The van der Waals surface area contributed by atoms with Crippen molar-refractivity contribution >= 4 is 51.9 Å². The number of hydrogen-bond donors (Lipinski definition) is 2. The highest BCUT2D eigenvalue weighted by Crippen LogP contribution is 2.35. The largest absolute Gasteiger partial charge is 0.507 e. The van der Waals surface area contributed by atoms with Gasteiger partial charge < -0.3 is 15.2 Å². The van der Waals surface area contributed by atoms with Crippen molar-refractivity contribution in [3.63, 3.8) is 0 Å². The number of hydrogen-bond acceptors (Lipinski definition) is 6. The first-order valence-corrected chi connectivity index (χ1v) is 10.2. The number of phenolic OH excluding ortho intramolecular Hbond substituents is 1. The van der Waals surface area contributed by atoms with Crippen LogP contribution in [0.1, 0.15) is 19.4 Å². The number of aromatic hydroxyl groups is 1. The zero-order valence-corrected chi connectivity index (χ0v) is 17.5. The van der Waals surface area contributed by atoms with E-state index in [4.69, 9.17) is 17.0 Å². The molecule has 2 amide bonds. The highest BCUT2D eigenvalue weighted by atomic mass is 32.2. The fourth-order valence-electron chi connectivity index (χ4n) is 2.73. The van der Waals surface area contributed by atoms with Crippen LogP contribution in [-0.4, -0.2) is 38.8 Å². The number of benzene rings is 2. The maximum absolute atomic E-state index is 12.8. The van der Waals surface area contributed by atoms with E-state index in [2.05, 4.69) is 5.32 Å². The second kappa shape index (κ2) is 9.11. The van der Waals surface area contributed by atoms with Gasteiger partial charge in [-0.2, -0.15) is 0 Å². The van der Waals surface area contributed by atoms with Gasteiger partial charge in [-0.3, -0.25) is 14.5 Å². The number of nitrogens with one attached hydrogen (secondary N) is 1.